The van der Waals surface area contributed by atoms with Gasteiger partial charge in [0.2, 0.25) is 0 Å². The van der Waals surface area contributed by atoms with Gasteiger partial charge in [-0.1, -0.05) is 388 Å². The molecule has 0 aliphatic heterocycles. The van der Waals surface area contributed by atoms with E-state index in [-0.39, 0.29) is 34.5 Å². The summed E-state index contributed by atoms with van der Waals surface area (Å²) in [4.78, 5) is 98.6. The number of carbonyl (C=O) groups excluding carboxylic acids is 6. The fraction of sp³-hybridized carbons (Fsp3) is 0.600. The fourth-order valence-corrected chi connectivity index (χ4v) is 17.2. The quantitative estimate of drug-likeness (QED) is 0.0197. The van der Waals surface area contributed by atoms with Gasteiger partial charge >= 0.3 is 35.8 Å². The number of rotatable bonds is 84. The first-order valence-electron chi connectivity index (χ1n) is 54.8. The van der Waals surface area contributed by atoms with Crippen molar-refractivity contribution in [2.75, 3.05) is 39.6 Å². The van der Waals surface area contributed by atoms with Crippen LogP contribution in [0.5, 0.6) is 69.0 Å². The van der Waals surface area contributed by atoms with Gasteiger partial charge in [0.1, 0.15) is 69.0 Å². The van der Waals surface area contributed by atoms with E-state index in [1.165, 1.54) is 304 Å². The van der Waals surface area contributed by atoms with Crippen molar-refractivity contribution < 1.29 is 85.6 Å². The van der Waals surface area contributed by atoms with E-state index in [0.29, 0.717) is 74.1 Å². The Hall–Kier alpha value is -9.84. The van der Waals surface area contributed by atoms with Crippen LogP contribution in [0.3, 0.4) is 0 Å². The van der Waals surface area contributed by atoms with Crippen molar-refractivity contribution in [3.63, 3.8) is 0 Å². The first kappa shape index (κ1) is 115. The molecule has 138 heavy (non-hydrogen) atoms. The van der Waals surface area contributed by atoms with Crippen LogP contribution in [0.15, 0.2) is 146 Å². The monoisotopic (exact) mass is 1900 g/mol. The van der Waals surface area contributed by atoms with Gasteiger partial charge in [-0.15, -0.1) is 0 Å². The third-order valence-corrected chi connectivity index (χ3v) is 25.5. The van der Waals surface area contributed by atoms with E-state index in [1.807, 2.05) is 0 Å². The van der Waals surface area contributed by atoms with E-state index in [1.54, 1.807) is 72.8 Å². The number of hydrogen-bond acceptors (Lipinski definition) is 18. The number of hydrogen-bond donors (Lipinski definition) is 0. The Morgan fingerprint density at radius 3 is 0.319 bits per heavy atom. The predicted molar refractivity (Wildman–Crippen MR) is 559 cm³/mol. The predicted octanol–water partition coefficient (Wildman–Crippen LogP) is 34.8. The zero-order valence-electron chi connectivity index (χ0n) is 85.9. The lowest BCUT2D eigenvalue weighted by atomic mass is 9.85. The standard InChI is InChI=1S/C120H174O18/c1-7-13-19-25-31-37-43-49-55-61-91-127-97-67-79-103(80-68-97)133-115(121)109-110(116(122)134-104-81-69-98(70-82-104)128-92-62-56-50-44-38-32-26-20-14-8-2)112(118(124)136-106-85-73-100(74-86-106)130-94-64-58-52-46-40-34-28-22-16-10-4)114(120(126)138-108-89-77-102(78-90-108)132-96-66-60-54-48-42-36-30-24-18-12-6)113(119(125)137-107-87-75-101(76-88-107)131-95-65-59-53-47-41-35-29-23-17-11-5)111(109)117(123)135-105-83-71-99(72-84-105)129-93-63-57-51-45-39-33-27-21-15-9-3/h67-90H,7-66,91-96H2,1-6H3. The van der Waals surface area contributed by atoms with Crippen LogP contribution in [0.25, 0.3) is 0 Å². The normalized spacial score (nSPS) is 11.2. The van der Waals surface area contributed by atoms with Gasteiger partial charge in [-0.25, -0.2) is 28.8 Å². The molecule has 18 heteroatoms. The average Bonchev–Trinajstić information content (AvgIpc) is 0.723. The van der Waals surface area contributed by atoms with Crippen LogP contribution < -0.4 is 56.8 Å². The Kier molecular flexibility index (Phi) is 62.7. The summed E-state index contributed by atoms with van der Waals surface area (Å²) in [5.74, 6) is -6.80. The van der Waals surface area contributed by atoms with Crippen molar-refractivity contribution in [2.45, 2.75) is 427 Å². The highest BCUT2D eigenvalue weighted by atomic mass is 16.6. The summed E-state index contributed by atoms with van der Waals surface area (Å²) in [6.45, 7) is 15.9. The van der Waals surface area contributed by atoms with Gasteiger partial charge in [0, 0.05) is 0 Å². The highest BCUT2D eigenvalue weighted by Crippen LogP contribution is 2.38. The zero-order chi connectivity index (χ0) is 98.0. The van der Waals surface area contributed by atoms with Crippen LogP contribution >= 0.6 is 0 Å². The van der Waals surface area contributed by atoms with Gasteiger partial charge in [-0.2, -0.15) is 0 Å². The molecule has 0 bridgehead atoms. The minimum Gasteiger partial charge on any atom is -0.494 e. The lowest BCUT2D eigenvalue weighted by Gasteiger charge is -2.22. The molecule has 7 aromatic rings. The fourth-order valence-electron chi connectivity index (χ4n) is 17.2. The third-order valence-electron chi connectivity index (χ3n) is 25.5. The molecule has 0 unspecified atom stereocenters. The second kappa shape index (κ2) is 75.1. The first-order valence-corrected chi connectivity index (χ1v) is 54.8. The van der Waals surface area contributed by atoms with E-state index in [0.717, 1.165) is 154 Å². The van der Waals surface area contributed by atoms with E-state index in [4.69, 9.17) is 56.8 Å². The smallest absolute Gasteiger partial charge is 0.345 e. The molecule has 0 saturated carbocycles. The third kappa shape index (κ3) is 49.3. The molecule has 0 fully saturated rings. The topological polar surface area (TPSA) is 213 Å². The zero-order valence-corrected chi connectivity index (χ0v) is 85.9. The summed E-state index contributed by atoms with van der Waals surface area (Å²) in [6.07, 6.45) is 69.1. The van der Waals surface area contributed by atoms with Gasteiger partial charge in [0.15, 0.2) is 0 Å². The van der Waals surface area contributed by atoms with E-state index in [2.05, 4.69) is 41.5 Å². The maximum atomic E-state index is 16.4. The van der Waals surface area contributed by atoms with Gasteiger partial charge in [-0.3, -0.25) is 0 Å². The molecule has 0 N–H and O–H groups in total. The van der Waals surface area contributed by atoms with Crippen molar-refractivity contribution >= 4 is 35.8 Å². The van der Waals surface area contributed by atoms with Crippen LogP contribution in [0.4, 0.5) is 0 Å². The molecule has 0 amide bonds. The summed E-state index contributed by atoms with van der Waals surface area (Å²) < 4.78 is 75.4. The Balaban J connectivity index is 1.37. The number of benzene rings is 7. The number of esters is 6. The Morgan fingerprint density at radius 1 is 0.130 bits per heavy atom. The average molecular weight is 1900 g/mol. The van der Waals surface area contributed by atoms with Crippen molar-refractivity contribution in [3.05, 3.63) is 179 Å². The van der Waals surface area contributed by atoms with Crippen LogP contribution in [0.1, 0.15) is 489 Å². The van der Waals surface area contributed by atoms with E-state index < -0.39 is 69.2 Å². The Morgan fingerprint density at radius 2 is 0.217 bits per heavy atom. The SMILES string of the molecule is CCCCCCCCCCCCOc1ccc(OC(=O)c2c(C(=O)Oc3ccc(OCCCCCCCCCCCC)cc3)c(C(=O)Oc3ccc(OCCCCCCCCCCCC)cc3)c(C(=O)Oc3ccc(OCCCCCCCCCCCC)cc3)c(C(=O)Oc3ccc(OCCCCCCCCCCCC)cc3)c2C(=O)Oc2ccc(OCCCCCCCCCCCC)cc2)cc1. The van der Waals surface area contributed by atoms with E-state index >= 15 is 28.8 Å². The van der Waals surface area contributed by atoms with Gasteiger partial charge in [0.05, 0.1) is 73.0 Å². The maximum Gasteiger partial charge on any atom is 0.345 e. The van der Waals surface area contributed by atoms with Gasteiger partial charge < -0.3 is 56.8 Å². The molecule has 762 valence electrons. The summed E-state index contributed by atoms with van der Waals surface area (Å²) in [7, 11) is 0. The van der Waals surface area contributed by atoms with E-state index in [9.17, 15) is 0 Å². The maximum absolute atomic E-state index is 16.4. The minimum absolute atomic E-state index is 0.120. The number of ether oxygens (including phenoxy) is 12. The van der Waals surface area contributed by atoms with Crippen LogP contribution in [-0.2, 0) is 0 Å². The summed E-state index contributed by atoms with van der Waals surface area (Å²) in [6, 6.07) is 37.1. The molecule has 0 saturated heterocycles. The molecule has 7 rings (SSSR count). The molecule has 0 aromatic heterocycles. The van der Waals surface area contributed by atoms with Gasteiger partial charge in [-0.05, 0) is 184 Å². The molecular weight excluding hydrogens is 1730 g/mol. The summed E-state index contributed by atoms with van der Waals surface area (Å²) in [5.41, 5.74) is -6.31. The van der Waals surface area contributed by atoms with Gasteiger partial charge in [0.25, 0.3) is 0 Å². The van der Waals surface area contributed by atoms with Crippen LogP contribution in [0.2, 0.25) is 0 Å². The van der Waals surface area contributed by atoms with Crippen LogP contribution in [0, 0.1) is 0 Å². The highest BCUT2D eigenvalue weighted by molar-refractivity contribution is 6.25. The molecule has 0 heterocycles. The highest BCUT2D eigenvalue weighted by Gasteiger charge is 2.45. The van der Waals surface area contributed by atoms with Crippen molar-refractivity contribution in [3.8, 4) is 69.0 Å². The Bertz CT molecular complexity index is 3610. The minimum atomic E-state index is -1.48. The first-order chi connectivity index (χ1) is 67.9. The molecule has 7 aromatic carbocycles. The molecule has 0 aliphatic carbocycles. The Labute approximate surface area is 831 Å². The molecule has 18 nitrogen and oxygen atoms in total. The van der Waals surface area contributed by atoms with Crippen molar-refractivity contribution in [1.29, 1.82) is 0 Å². The summed E-state index contributed by atoms with van der Waals surface area (Å²) in [5, 5.41) is 0. The van der Waals surface area contributed by atoms with Crippen LogP contribution in [-0.4, -0.2) is 75.5 Å². The molecular formula is C120H174O18. The van der Waals surface area contributed by atoms with Crippen molar-refractivity contribution in [2.24, 2.45) is 0 Å². The second-order valence-corrected chi connectivity index (χ2v) is 37.6. The molecule has 0 atom stereocenters. The molecule has 0 spiro atoms. The number of carbonyl (C=O) groups is 6. The number of unbranched alkanes of at least 4 members (excludes halogenated alkanes) is 54. The molecule has 0 radical (unpaired) electrons. The second-order valence-electron chi connectivity index (χ2n) is 37.6. The largest absolute Gasteiger partial charge is 0.494 e. The van der Waals surface area contributed by atoms with Crippen molar-refractivity contribution in [1.82, 2.24) is 0 Å². The lowest BCUT2D eigenvalue weighted by Crippen LogP contribution is -2.34. The lowest BCUT2D eigenvalue weighted by molar-refractivity contribution is 0.0635. The summed E-state index contributed by atoms with van der Waals surface area (Å²) >= 11 is 0. The molecule has 0 aliphatic rings.